The lowest BCUT2D eigenvalue weighted by Gasteiger charge is -2.07. The minimum absolute atomic E-state index is 0.161. The van der Waals surface area contributed by atoms with E-state index in [2.05, 4.69) is 22.4 Å². The summed E-state index contributed by atoms with van der Waals surface area (Å²) in [5.74, 6) is -0.161. The summed E-state index contributed by atoms with van der Waals surface area (Å²) >= 11 is 6.02. The quantitative estimate of drug-likeness (QED) is 0.752. The lowest BCUT2D eigenvalue weighted by atomic mass is 10.1. The number of H-pyrrole nitrogens is 1. The van der Waals surface area contributed by atoms with Gasteiger partial charge < -0.3 is 10.3 Å². The van der Waals surface area contributed by atoms with E-state index >= 15 is 0 Å². The largest absolute Gasteiger partial charge is 0.359 e. The Hall–Kier alpha value is -2.26. The lowest BCUT2D eigenvalue weighted by molar-refractivity contribution is 0.0951. The maximum atomic E-state index is 12.1. The molecule has 106 valence electrons. The summed E-state index contributed by atoms with van der Waals surface area (Å²) in [4.78, 5) is 15.4. The van der Waals surface area contributed by atoms with Gasteiger partial charge in [-0.05, 0) is 48.2 Å². The molecule has 3 rings (SSSR count). The van der Waals surface area contributed by atoms with Crippen molar-refractivity contribution < 1.29 is 4.79 Å². The molecule has 0 aliphatic rings. The van der Waals surface area contributed by atoms with Crippen molar-refractivity contribution in [1.29, 1.82) is 0 Å². The average Bonchev–Trinajstić information content (AvgIpc) is 2.84. The zero-order chi connectivity index (χ0) is 14.8. The summed E-state index contributed by atoms with van der Waals surface area (Å²) in [6.45, 7) is 2.50. The molecule has 1 amide bonds. The molecule has 0 aliphatic heterocycles. The number of rotatable bonds is 3. The molecule has 0 aliphatic carbocycles. The van der Waals surface area contributed by atoms with E-state index in [0.717, 1.165) is 22.2 Å². The molecule has 1 heterocycles. The third-order valence-corrected chi connectivity index (χ3v) is 3.72. The maximum Gasteiger partial charge on any atom is 0.253 e. The molecule has 21 heavy (non-hydrogen) atoms. The molecule has 3 aromatic rings. The molecule has 0 saturated carbocycles. The highest BCUT2D eigenvalue weighted by molar-refractivity contribution is 6.33. The summed E-state index contributed by atoms with van der Waals surface area (Å²) in [5, 5.41) is 4.51. The van der Waals surface area contributed by atoms with Gasteiger partial charge in [-0.3, -0.25) is 4.79 Å². The van der Waals surface area contributed by atoms with Crippen LogP contribution in [0.25, 0.3) is 10.9 Å². The van der Waals surface area contributed by atoms with Gasteiger partial charge in [0.15, 0.2) is 0 Å². The molecule has 0 bridgehead atoms. The number of nitrogens with one attached hydrogen (secondary N) is 2. The number of benzene rings is 2. The van der Waals surface area contributed by atoms with Crippen molar-refractivity contribution >= 4 is 28.4 Å². The third-order valence-electron chi connectivity index (χ3n) is 3.39. The first-order valence-corrected chi connectivity index (χ1v) is 7.12. The van der Waals surface area contributed by atoms with E-state index in [1.807, 2.05) is 19.1 Å². The van der Waals surface area contributed by atoms with Crippen LogP contribution < -0.4 is 5.32 Å². The van der Waals surface area contributed by atoms with Crippen LogP contribution >= 0.6 is 11.6 Å². The van der Waals surface area contributed by atoms with Gasteiger partial charge in [0.25, 0.3) is 5.91 Å². The predicted octanol–water partition coefficient (Wildman–Crippen LogP) is 4.06. The van der Waals surface area contributed by atoms with E-state index in [-0.39, 0.29) is 5.91 Å². The molecule has 1 aromatic heterocycles. The van der Waals surface area contributed by atoms with Crippen LogP contribution in [-0.2, 0) is 6.54 Å². The molecular formula is C17H15ClN2O. The van der Waals surface area contributed by atoms with Crippen molar-refractivity contribution in [1.82, 2.24) is 10.3 Å². The molecule has 2 aromatic carbocycles. The molecule has 0 fully saturated rings. The van der Waals surface area contributed by atoms with Gasteiger partial charge in [0.05, 0.1) is 10.6 Å². The summed E-state index contributed by atoms with van der Waals surface area (Å²) in [6.07, 6.45) is 0. The van der Waals surface area contributed by atoms with Crippen molar-refractivity contribution in [2.45, 2.75) is 13.5 Å². The first-order chi connectivity index (χ1) is 10.1. The Labute approximate surface area is 127 Å². The van der Waals surface area contributed by atoms with Crippen molar-refractivity contribution in [2.75, 3.05) is 0 Å². The highest BCUT2D eigenvalue weighted by atomic mass is 35.5. The number of carbonyl (C=O) groups excluding carboxylic acids is 1. The minimum atomic E-state index is -0.161. The lowest BCUT2D eigenvalue weighted by Crippen LogP contribution is -2.23. The molecule has 4 heteroatoms. The van der Waals surface area contributed by atoms with Crippen LogP contribution in [0.4, 0.5) is 0 Å². The second-order valence-electron chi connectivity index (χ2n) is 5.04. The zero-order valence-corrected chi connectivity index (χ0v) is 12.4. The molecule has 0 unspecified atom stereocenters. The van der Waals surface area contributed by atoms with Gasteiger partial charge in [-0.15, -0.1) is 0 Å². The smallest absolute Gasteiger partial charge is 0.253 e. The molecular weight excluding hydrogens is 284 g/mol. The SMILES string of the molecule is Cc1cc2cc(CNC(=O)c3ccccc3Cl)ccc2[nH]1. The first kappa shape index (κ1) is 13.7. The summed E-state index contributed by atoms with van der Waals surface area (Å²) in [6, 6.07) is 15.2. The van der Waals surface area contributed by atoms with Crippen LogP contribution in [0, 0.1) is 6.92 Å². The van der Waals surface area contributed by atoms with Crippen LogP contribution in [0.15, 0.2) is 48.5 Å². The number of aromatic nitrogens is 1. The standard InChI is InChI=1S/C17H15ClN2O/c1-11-8-13-9-12(6-7-16(13)20-11)10-19-17(21)14-4-2-3-5-15(14)18/h2-9,20H,10H2,1H3,(H,19,21). The van der Waals surface area contributed by atoms with Crippen LogP contribution in [0.3, 0.4) is 0 Å². The Morgan fingerprint density at radius 3 is 2.81 bits per heavy atom. The summed E-state index contributed by atoms with van der Waals surface area (Å²) in [5.41, 5.74) is 3.79. The normalized spacial score (nSPS) is 10.8. The fourth-order valence-corrected chi connectivity index (χ4v) is 2.58. The fourth-order valence-electron chi connectivity index (χ4n) is 2.36. The second kappa shape index (κ2) is 5.62. The Morgan fingerprint density at radius 1 is 1.19 bits per heavy atom. The van der Waals surface area contributed by atoms with Crippen molar-refractivity contribution in [2.24, 2.45) is 0 Å². The highest BCUT2D eigenvalue weighted by Gasteiger charge is 2.09. The van der Waals surface area contributed by atoms with Crippen LogP contribution in [0.5, 0.6) is 0 Å². The second-order valence-corrected chi connectivity index (χ2v) is 5.44. The number of aryl methyl sites for hydroxylation is 1. The Bertz CT molecular complexity index is 807. The molecule has 0 radical (unpaired) electrons. The summed E-state index contributed by atoms with van der Waals surface area (Å²) < 4.78 is 0. The fraction of sp³-hybridized carbons (Fsp3) is 0.118. The van der Waals surface area contributed by atoms with Gasteiger partial charge in [-0.2, -0.15) is 0 Å². The molecule has 2 N–H and O–H groups in total. The number of carbonyl (C=O) groups is 1. The highest BCUT2D eigenvalue weighted by Crippen LogP contribution is 2.18. The van der Waals surface area contributed by atoms with Crippen LogP contribution in [0.2, 0.25) is 5.02 Å². The monoisotopic (exact) mass is 298 g/mol. The molecule has 0 saturated heterocycles. The van der Waals surface area contributed by atoms with Gasteiger partial charge >= 0.3 is 0 Å². The number of hydrogen-bond acceptors (Lipinski definition) is 1. The molecule has 3 nitrogen and oxygen atoms in total. The van der Waals surface area contributed by atoms with Gasteiger partial charge in [0, 0.05) is 17.8 Å². The minimum Gasteiger partial charge on any atom is -0.359 e. The third kappa shape index (κ3) is 2.93. The number of amides is 1. The van der Waals surface area contributed by atoms with Gasteiger partial charge in [0.1, 0.15) is 0 Å². The number of halogens is 1. The van der Waals surface area contributed by atoms with Gasteiger partial charge in [0.2, 0.25) is 0 Å². The van der Waals surface area contributed by atoms with Crippen molar-refractivity contribution in [3.63, 3.8) is 0 Å². The topological polar surface area (TPSA) is 44.9 Å². The van der Waals surface area contributed by atoms with Crippen LogP contribution in [0.1, 0.15) is 21.6 Å². The van der Waals surface area contributed by atoms with E-state index < -0.39 is 0 Å². The van der Waals surface area contributed by atoms with Crippen molar-refractivity contribution in [3.05, 3.63) is 70.4 Å². The van der Waals surface area contributed by atoms with Gasteiger partial charge in [-0.1, -0.05) is 29.8 Å². The zero-order valence-electron chi connectivity index (χ0n) is 11.6. The molecule has 0 spiro atoms. The van der Waals surface area contributed by atoms with Crippen LogP contribution in [-0.4, -0.2) is 10.9 Å². The Kier molecular flexibility index (Phi) is 3.67. The van der Waals surface area contributed by atoms with E-state index in [9.17, 15) is 4.79 Å². The summed E-state index contributed by atoms with van der Waals surface area (Å²) in [7, 11) is 0. The molecule has 0 atom stereocenters. The first-order valence-electron chi connectivity index (χ1n) is 6.74. The number of aromatic amines is 1. The Morgan fingerprint density at radius 2 is 2.00 bits per heavy atom. The number of fused-ring (bicyclic) bond motifs is 1. The number of hydrogen-bond donors (Lipinski definition) is 2. The average molecular weight is 299 g/mol. The van der Waals surface area contributed by atoms with E-state index in [1.54, 1.807) is 24.3 Å². The maximum absolute atomic E-state index is 12.1. The van der Waals surface area contributed by atoms with Gasteiger partial charge in [-0.25, -0.2) is 0 Å². The van der Waals surface area contributed by atoms with E-state index in [0.29, 0.717) is 17.1 Å². The predicted molar refractivity (Wildman–Crippen MR) is 85.7 cm³/mol. The van der Waals surface area contributed by atoms with E-state index in [4.69, 9.17) is 11.6 Å². The van der Waals surface area contributed by atoms with Crippen molar-refractivity contribution in [3.8, 4) is 0 Å². The van der Waals surface area contributed by atoms with E-state index in [1.165, 1.54) is 0 Å². The Balaban J connectivity index is 1.74.